The Bertz CT molecular complexity index is 743. The van der Waals surface area contributed by atoms with Crippen LogP contribution in [0.3, 0.4) is 0 Å². The predicted octanol–water partition coefficient (Wildman–Crippen LogP) is 2.38. The molecule has 3 rings (SSSR count). The van der Waals surface area contributed by atoms with E-state index in [9.17, 15) is 9.59 Å². The third-order valence-electron chi connectivity index (χ3n) is 4.28. The van der Waals surface area contributed by atoms with Gasteiger partial charge in [-0.1, -0.05) is 18.2 Å². The molecule has 1 aromatic carbocycles. The van der Waals surface area contributed by atoms with Crippen molar-refractivity contribution in [2.24, 2.45) is 5.92 Å². The molecule has 0 saturated carbocycles. The van der Waals surface area contributed by atoms with Crippen molar-refractivity contribution in [1.29, 1.82) is 0 Å². The highest BCUT2D eigenvalue weighted by molar-refractivity contribution is 5.96. The van der Waals surface area contributed by atoms with Crippen molar-refractivity contribution >= 4 is 17.5 Å². The molecule has 1 atom stereocenters. The van der Waals surface area contributed by atoms with Gasteiger partial charge in [0.25, 0.3) is 5.91 Å². The van der Waals surface area contributed by atoms with Crippen LogP contribution in [0.25, 0.3) is 0 Å². The SMILES string of the molecule is CN(C)C(=O)c1cccnc1CC1CC(=O)N(c2ccccc2)C1. The quantitative estimate of drug-likeness (QED) is 0.868. The largest absolute Gasteiger partial charge is 0.345 e. The van der Waals surface area contributed by atoms with Crippen LogP contribution in [0.1, 0.15) is 22.5 Å². The van der Waals surface area contributed by atoms with Crippen LogP contribution in [0.5, 0.6) is 0 Å². The zero-order valence-corrected chi connectivity index (χ0v) is 14.0. The molecule has 1 fully saturated rings. The number of amides is 2. The van der Waals surface area contributed by atoms with E-state index in [1.807, 2.05) is 35.2 Å². The van der Waals surface area contributed by atoms with Gasteiger partial charge >= 0.3 is 0 Å². The van der Waals surface area contributed by atoms with E-state index in [-0.39, 0.29) is 17.7 Å². The summed E-state index contributed by atoms with van der Waals surface area (Å²) in [6.07, 6.45) is 2.82. The first-order chi connectivity index (χ1) is 11.6. The second-order valence-electron chi connectivity index (χ2n) is 6.31. The molecule has 0 radical (unpaired) electrons. The van der Waals surface area contributed by atoms with Crippen molar-refractivity contribution in [3.63, 3.8) is 0 Å². The Morgan fingerprint density at radius 2 is 1.96 bits per heavy atom. The van der Waals surface area contributed by atoms with Gasteiger partial charge in [-0.2, -0.15) is 0 Å². The predicted molar refractivity (Wildman–Crippen MR) is 92.9 cm³/mol. The molecule has 5 heteroatoms. The van der Waals surface area contributed by atoms with Gasteiger partial charge in [0.05, 0.1) is 11.3 Å². The summed E-state index contributed by atoms with van der Waals surface area (Å²) >= 11 is 0. The summed E-state index contributed by atoms with van der Waals surface area (Å²) in [5.41, 5.74) is 2.31. The lowest BCUT2D eigenvalue weighted by Gasteiger charge is -2.17. The first kappa shape index (κ1) is 16.2. The highest BCUT2D eigenvalue weighted by Crippen LogP contribution is 2.27. The number of carbonyl (C=O) groups excluding carboxylic acids is 2. The van der Waals surface area contributed by atoms with Crippen molar-refractivity contribution in [2.75, 3.05) is 25.5 Å². The van der Waals surface area contributed by atoms with Crippen LogP contribution in [0.2, 0.25) is 0 Å². The van der Waals surface area contributed by atoms with Gasteiger partial charge in [-0.15, -0.1) is 0 Å². The van der Waals surface area contributed by atoms with Gasteiger partial charge in [0.1, 0.15) is 0 Å². The fourth-order valence-electron chi connectivity index (χ4n) is 3.09. The summed E-state index contributed by atoms with van der Waals surface area (Å²) < 4.78 is 0. The molecule has 24 heavy (non-hydrogen) atoms. The highest BCUT2D eigenvalue weighted by Gasteiger charge is 2.31. The van der Waals surface area contributed by atoms with Crippen LogP contribution in [0.15, 0.2) is 48.7 Å². The summed E-state index contributed by atoms with van der Waals surface area (Å²) in [7, 11) is 3.46. The van der Waals surface area contributed by atoms with Gasteiger partial charge in [0, 0.05) is 38.9 Å². The van der Waals surface area contributed by atoms with Crippen LogP contribution in [-0.4, -0.2) is 42.3 Å². The monoisotopic (exact) mass is 323 g/mol. The first-order valence-corrected chi connectivity index (χ1v) is 8.07. The number of pyridine rings is 1. The topological polar surface area (TPSA) is 53.5 Å². The van der Waals surface area contributed by atoms with Crippen LogP contribution in [0.4, 0.5) is 5.69 Å². The van der Waals surface area contributed by atoms with E-state index in [0.717, 1.165) is 11.4 Å². The highest BCUT2D eigenvalue weighted by atomic mass is 16.2. The molecule has 1 aliphatic heterocycles. The van der Waals surface area contributed by atoms with E-state index in [1.165, 1.54) is 0 Å². The average molecular weight is 323 g/mol. The molecule has 0 aliphatic carbocycles. The number of nitrogens with zero attached hydrogens (tertiary/aromatic N) is 3. The number of hydrogen-bond acceptors (Lipinski definition) is 3. The molecule has 124 valence electrons. The van der Waals surface area contributed by atoms with Gasteiger partial charge in [0.15, 0.2) is 0 Å². The lowest BCUT2D eigenvalue weighted by molar-refractivity contribution is -0.117. The smallest absolute Gasteiger partial charge is 0.255 e. The molecule has 0 bridgehead atoms. The molecular formula is C19H21N3O2. The standard InChI is InChI=1S/C19H21N3O2/c1-21(2)19(24)16-9-6-10-20-17(16)11-14-12-18(23)22(13-14)15-7-4-3-5-8-15/h3-10,14H,11-13H2,1-2H3. The maximum absolute atomic E-state index is 12.3. The minimum Gasteiger partial charge on any atom is -0.345 e. The van der Waals surface area contributed by atoms with Crippen LogP contribution in [0, 0.1) is 5.92 Å². The van der Waals surface area contributed by atoms with Crippen molar-refractivity contribution in [3.05, 3.63) is 59.9 Å². The van der Waals surface area contributed by atoms with E-state index in [1.54, 1.807) is 37.3 Å². The van der Waals surface area contributed by atoms with Crippen molar-refractivity contribution < 1.29 is 9.59 Å². The number of para-hydroxylation sites is 1. The van der Waals surface area contributed by atoms with Gasteiger partial charge in [-0.05, 0) is 36.6 Å². The third-order valence-corrected chi connectivity index (χ3v) is 4.28. The van der Waals surface area contributed by atoms with Gasteiger partial charge < -0.3 is 9.80 Å². The zero-order valence-electron chi connectivity index (χ0n) is 14.0. The average Bonchev–Trinajstić information content (AvgIpc) is 2.96. The van der Waals surface area contributed by atoms with Gasteiger partial charge in [-0.25, -0.2) is 0 Å². The zero-order chi connectivity index (χ0) is 17.1. The van der Waals surface area contributed by atoms with E-state index in [2.05, 4.69) is 4.98 Å². The van der Waals surface area contributed by atoms with E-state index >= 15 is 0 Å². The maximum atomic E-state index is 12.3. The third kappa shape index (κ3) is 3.30. The number of benzene rings is 1. The maximum Gasteiger partial charge on any atom is 0.255 e. The Balaban J connectivity index is 1.77. The second-order valence-corrected chi connectivity index (χ2v) is 6.31. The number of anilines is 1. The number of rotatable bonds is 4. The molecule has 5 nitrogen and oxygen atoms in total. The Morgan fingerprint density at radius 3 is 2.67 bits per heavy atom. The van der Waals surface area contributed by atoms with Crippen molar-refractivity contribution in [2.45, 2.75) is 12.8 Å². The van der Waals surface area contributed by atoms with Crippen LogP contribution >= 0.6 is 0 Å². The first-order valence-electron chi connectivity index (χ1n) is 8.07. The number of carbonyl (C=O) groups is 2. The lowest BCUT2D eigenvalue weighted by Crippen LogP contribution is -2.25. The van der Waals surface area contributed by atoms with E-state index in [4.69, 9.17) is 0 Å². The molecule has 0 spiro atoms. The molecule has 2 amide bonds. The van der Waals surface area contributed by atoms with Crippen molar-refractivity contribution in [1.82, 2.24) is 9.88 Å². The molecule has 1 unspecified atom stereocenters. The van der Waals surface area contributed by atoms with Crippen LogP contribution in [-0.2, 0) is 11.2 Å². The molecule has 2 aromatic rings. The van der Waals surface area contributed by atoms with E-state index in [0.29, 0.717) is 24.9 Å². The lowest BCUT2D eigenvalue weighted by atomic mass is 9.98. The van der Waals surface area contributed by atoms with Gasteiger partial charge in [-0.3, -0.25) is 14.6 Å². The number of hydrogen-bond donors (Lipinski definition) is 0. The summed E-state index contributed by atoms with van der Waals surface area (Å²) in [5.74, 6) is 0.242. The molecular weight excluding hydrogens is 302 g/mol. The van der Waals surface area contributed by atoms with E-state index < -0.39 is 0 Å². The Hall–Kier alpha value is -2.69. The van der Waals surface area contributed by atoms with Gasteiger partial charge in [0.2, 0.25) is 5.91 Å². The minimum atomic E-state index is -0.0534. The second kappa shape index (κ2) is 6.83. The molecule has 0 N–H and O–H groups in total. The van der Waals surface area contributed by atoms with Crippen molar-refractivity contribution in [3.8, 4) is 0 Å². The normalized spacial score (nSPS) is 17.2. The number of aromatic nitrogens is 1. The molecule has 1 aliphatic rings. The summed E-state index contributed by atoms with van der Waals surface area (Å²) in [6, 6.07) is 13.3. The fraction of sp³-hybridized carbons (Fsp3) is 0.316. The summed E-state index contributed by atoms with van der Waals surface area (Å²) in [5, 5.41) is 0. The Morgan fingerprint density at radius 1 is 1.21 bits per heavy atom. The molecule has 1 saturated heterocycles. The van der Waals surface area contributed by atoms with Crippen LogP contribution < -0.4 is 4.90 Å². The minimum absolute atomic E-state index is 0.0534. The molecule has 1 aromatic heterocycles. The summed E-state index contributed by atoms with van der Waals surface area (Å²) in [6.45, 7) is 0.662. The fourth-order valence-corrected chi connectivity index (χ4v) is 3.09. The molecule has 2 heterocycles. The summed E-state index contributed by atoms with van der Waals surface area (Å²) in [4.78, 5) is 32.4. The Kier molecular flexibility index (Phi) is 4.60. The Labute approximate surface area is 141 Å².